The summed E-state index contributed by atoms with van der Waals surface area (Å²) < 4.78 is 11.3. The van der Waals surface area contributed by atoms with E-state index in [1.165, 1.54) is 11.1 Å². The highest BCUT2D eigenvalue weighted by molar-refractivity contribution is 5.75. The van der Waals surface area contributed by atoms with Crippen molar-refractivity contribution in [2.75, 3.05) is 20.3 Å². The summed E-state index contributed by atoms with van der Waals surface area (Å²) >= 11 is 0. The summed E-state index contributed by atoms with van der Waals surface area (Å²) in [6, 6.07) is 10.3. The van der Waals surface area contributed by atoms with Crippen molar-refractivity contribution in [2.45, 2.75) is 45.8 Å². The van der Waals surface area contributed by atoms with Gasteiger partial charge in [0.05, 0.1) is 26.4 Å². The van der Waals surface area contributed by atoms with Crippen molar-refractivity contribution < 1.29 is 19.4 Å². The number of aryl methyl sites for hydroxylation is 1. The molecule has 1 heterocycles. The third-order valence-corrected chi connectivity index (χ3v) is 5.46. The number of carbonyl (C=O) groups excluding carboxylic acids is 1. The first-order valence-electron chi connectivity index (χ1n) is 10.5. The Morgan fingerprint density at radius 2 is 2.10 bits per heavy atom. The molecule has 1 atom stereocenters. The van der Waals surface area contributed by atoms with Crippen molar-refractivity contribution in [1.29, 1.82) is 0 Å². The summed E-state index contributed by atoms with van der Waals surface area (Å²) in [5.41, 5.74) is 5.69. The number of aliphatic hydroxyl groups is 1. The van der Waals surface area contributed by atoms with E-state index in [4.69, 9.17) is 9.47 Å². The molecule has 5 nitrogen and oxygen atoms in total. The van der Waals surface area contributed by atoms with Crippen LogP contribution < -0.4 is 14.8 Å². The molecule has 0 aliphatic carbocycles. The Bertz CT molecular complexity index is 920. The maximum atomic E-state index is 11.1. The van der Waals surface area contributed by atoms with Gasteiger partial charge in [0.25, 0.3) is 0 Å². The SMILES string of the molecule is COc1ccc(/C=C/C2NCCc3cc(C)c(CO)cc32)cc1OCCCC(C)=O. The molecule has 0 radical (unpaired) electrons. The van der Waals surface area contributed by atoms with Crippen LogP contribution in [0.5, 0.6) is 11.5 Å². The summed E-state index contributed by atoms with van der Waals surface area (Å²) in [5.74, 6) is 1.53. The van der Waals surface area contributed by atoms with E-state index in [1.807, 2.05) is 25.1 Å². The van der Waals surface area contributed by atoms with Crippen LogP contribution in [0.2, 0.25) is 0 Å². The zero-order valence-electron chi connectivity index (χ0n) is 18.0. The normalized spacial score (nSPS) is 15.8. The van der Waals surface area contributed by atoms with E-state index in [9.17, 15) is 9.90 Å². The zero-order valence-corrected chi connectivity index (χ0v) is 18.0. The van der Waals surface area contributed by atoms with Gasteiger partial charge in [0.1, 0.15) is 5.78 Å². The molecule has 0 saturated heterocycles. The van der Waals surface area contributed by atoms with Crippen LogP contribution in [0.1, 0.15) is 53.6 Å². The van der Waals surface area contributed by atoms with Crippen LogP contribution in [0, 0.1) is 6.92 Å². The first-order valence-corrected chi connectivity index (χ1v) is 10.5. The number of carbonyl (C=O) groups is 1. The van der Waals surface area contributed by atoms with Crippen LogP contribution in [-0.4, -0.2) is 31.2 Å². The molecule has 2 aromatic rings. The summed E-state index contributed by atoms with van der Waals surface area (Å²) in [5, 5.41) is 13.2. The lowest BCUT2D eigenvalue weighted by molar-refractivity contribution is -0.117. The predicted molar refractivity (Wildman–Crippen MR) is 119 cm³/mol. The third-order valence-electron chi connectivity index (χ3n) is 5.46. The average Bonchev–Trinajstić information content (AvgIpc) is 2.74. The molecule has 160 valence electrons. The Labute approximate surface area is 178 Å². The van der Waals surface area contributed by atoms with Gasteiger partial charge in [-0.3, -0.25) is 0 Å². The van der Waals surface area contributed by atoms with Crippen LogP contribution >= 0.6 is 0 Å². The molecule has 2 N–H and O–H groups in total. The minimum atomic E-state index is 0.0539. The van der Waals surface area contributed by atoms with Gasteiger partial charge in [-0.05, 0) is 66.6 Å². The van der Waals surface area contributed by atoms with Gasteiger partial charge in [-0.15, -0.1) is 0 Å². The third kappa shape index (κ3) is 5.49. The van der Waals surface area contributed by atoms with Gasteiger partial charge in [-0.1, -0.05) is 30.4 Å². The second-order valence-electron chi connectivity index (χ2n) is 7.74. The van der Waals surface area contributed by atoms with Crippen molar-refractivity contribution in [1.82, 2.24) is 5.32 Å². The van der Waals surface area contributed by atoms with Crippen molar-refractivity contribution >= 4 is 11.9 Å². The number of ketones is 1. The number of nitrogens with one attached hydrogen (secondary N) is 1. The standard InChI is InChI=1S/C25H31NO4/c1-17-13-20-10-11-26-23(22(20)15-21(17)16-27)8-6-19-7-9-24(29-3)25(14-19)30-12-4-5-18(2)28/h6-9,13-15,23,26-27H,4-5,10-12,16H2,1-3H3/b8-6+. The van der Waals surface area contributed by atoms with Gasteiger partial charge in [0.15, 0.2) is 11.5 Å². The first kappa shape index (κ1) is 22.1. The number of methoxy groups -OCH3 is 1. The Balaban J connectivity index is 1.76. The number of hydrogen-bond acceptors (Lipinski definition) is 5. The highest BCUT2D eigenvalue weighted by atomic mass is 16.5. The number of Topliss-reactive ketones (excluding diaryl/α,β-unsaturated/α-hetero) is 1. The molecule has 1 unspecified atom stereocenters. The van der Waals surface area contributed by atoms with Crippen LogP contribution in [0.4, 0.5) is 0 Å². The lowest BCUT2D eigenvalue weighted by atomic mass is 9.90. The van der Waals surface area contributed by atoms with E-state index < -0.39 is 0 Å². The van der Waals surface area contributed by atoms with Crippen molar-refractivity contribution in [3.63, 3.8) is 0 Å². The molecule has 0 amide bonds. The summed E-state index contributed by atoms with van der Waals surface area (Å²) in [6.45, 7) is 5.09. The van der Waals surface area contributed by atoms with Gasteiger partial charge in [0.2, 0.25) is 0 Å². The topological polar surface area (TPSA) is 67.8 Å². The fraction of sp³-hybridized carbons (Fsp3) is 0.400. The summed E-state index contributed by atoms with van der Waals surface area (Å²) in [4.78, 5) is 11.1. The maximum Gasteiger partial charge on any atom is 0.161 e. The molecule has 0 bridgehead atoms. The Kier molecular flexibility index (Phi) is 7.66. The lowest BCUT2D eigenvalue weighted by Crippen LogP contribution is -2.28. The first-order chi connectivity index (χ1) is 14.5. The van der Waals surface area contributed by atoms with Crippen molar-refractivity contribution in [2.24, 2.45) is 0 Å². The molecular weight excluding hydrogens is 378 g/mol. The van der Waals surface area contributed by atoms with Crippen molar-refractivity contribution in [3.8, 4) is 11.5 Å². The highest BCUT2D eigenvalue weighted by Crippen LogP contribution is 2.31. The Morgan fingerprint density at radius 1 is 1.27 bits per heavy atom. The van der Waals surface area contributed by atoms with E-state index in [2.05, 4.69) is 29.6 Å². The molecule has 1 aliphatic heterocycles. The molecule has 2 aromatic carbocycles. The Morgan fingerprint density at radius 3 is 2.83 bits per heavy atom. The summed E-state index contributed by atoms with van der Waals surface area (Å²) in [7, 11) is 1.62. The van der Waals surface area contributed by atoms with Crippen LogP contribution in [0.15, 0.2) is 36.4 Å². The smallest absolute Gasteiger partial charge is 0.161 e. The van der Waals surface area contributed by atoms with Crippen LogP contribution in [-0.2, 0) is 17.8 Å². The average molecular weight is 410 g/mol. The van der Waals surface area contributed by atoms with Gasteiger partial charge in [-0.25, -0.2) is 0 Å². The molecule has 0 saturated carbocycles. The number of benzene rings is 2. The molecule has 0 fully saturated rings. The largest absolute Gasteiger partial charge is 0.493 e. The number of rotatable bonds is 9. The Hall–Kier alpha value is -2.63. The number of hydrogen-bond donors (Lipinski definition) is 2. The minimum absolute atomic E-state index is 0.0539. The fourth-order valence-electron chi connectivity index (χ4n) is 3.77. The van der Waals surface area contributed by atoms with Gasteiger partial charge < -0.3 is 24.7 Å². The second kappa shape index (κ2) is 10.4. The second-order valence-corrected chi connectivity index (χ2v) is 7.74. The zero-order chi connectivity index (χ0) is 21.5. The minimum Gasteiger partial charge on any atom is -0.493 e. The molecule has 0 aromatic heterocycles. The number of fused-ring (bicyclic) bond motifs is 1. The van der Waals surface area contributed by atoms with Gasteiger partial charge >= 0.3 is 0 Å². The molecular formula is C25H31NO4. The molecule has 1 aliphatic rings. The van der Waals surface area contributed by atoms with Crippen LogP contribution in [0.25, 0.3) is 6.08 Å². The number of aliphatic hydroxyl groups excluding tert-OH is 1. The van der Waals surface area contributed by atoms with E-state index in [-0.39, 0.29) is 18.4 Å². The monoisotopic (exact) mass is 409 g/mol. The molecule has 30 heavy (non-hydrogen) atoms. The van der Waals surface area contributed by atoms with E-state index in [1.54, 1.807) is 14.0 Å². The molecule has 3 rings (SSSR count). The fourth-order valence-corrected chi connectivity index (χ4v) is 3.77. The number of ether oxygens (including phenoxy) is 2. The quantitative estimate of drug-likeness (QED) is 0.609. The van der Waals surface area contributed by atoms with Gasteiger partial charge in [-0.2, -0.15) is 0 Å². The predicted octanol–water partition coefficient (Wildman–Crippen LogP) is 4.14. The molecule has 0 spiro atoms. The van der Waals surface area contributed by atoms with E-state index >= 15 is 0 Å². The highest BCUT2D eigenvalue weighted by Gasteiger charge is 2.19. The van der Waals surface area contributed by atoms with E-state index in [0.29, 0.717) is 30.9 Å². The van der Waals surface area contributed by atoms with Crippen LogP contribution in [0.3, 0.4) is 0 Å². The molecule has 5 heteroatoms. The van der Waals surface area contributed by atoms with Crippen molar-refractivity contribution in [3.05, 3.63) is 64.2 Å². The maximum absolute atomic E-state index is 11.1. The van der Waals surface area contributed by atoms with Gasteiger partial charge in [0, 0.05) is 13.0 Å². The summed E-state index contributed by atoms with van der Waals surface area (Å²) in [6.07, 6.45) is 6.42. The van der Waals surface area contributed by atoms with E-state index in [0.717, 1.165) is 29.7 Å². The lowest BCUT2D eigenvalue weighted by Gasteiger charge is -2.26.